The molecule has 0 saturated carbocycles. The Morgan fingerprint density at radius 3 is 2.46 bits per heavy atom. The van der Waals surface area contributed by atoms with E-state index in [4.69, 9.17) is 21.1 Å². The maximum Gasteiger partial charge on any atom is 0.258 e. The lowest BCUT2D eigenvalue weighted by molar-refractivity contribution is 0.0985. The molecule has 0 unspecified atom stereocenters. The Kier molecular flexibility index (Phi) is 7.64. The van der Waals surface area contributed by atoms with Crippen LogP contribution >= 0.6 is 11.6 Å². The van der Waals surface area contributed by atoms with Crippen LogP contribution in [0.5, 0.6) is 11.5 Å². The number of amides is 1. The Labute approximate surface area is 210 Å². The number of ether oxygens (including phenoxy) is 2. The van der Waals surface area contributed by atoms with Crippen molar-refractivity contribution in [3.8, 4) is 11.5 Å². The van der Waals surface area contributed by atoms with Gasteiger partial charge < -0.3 is 14.4 Å². The SMILES string of the molecule is COc1ccc(CCNS(=O)(=O)c2ccc3c(c2)CCCN3C(=O)c2ccc(Cl)cc2)cc1OC. The fourth-order valence-corrected chi connectivity index (χ4v) is 5.36. The van der Waals surface area contributed by atoms with E-state index in [1.807, 2.05) is 12.1 Å². The lowest BCUT2D eigenvalue weighted by Crippen LogP contribution is -2.35. The minimum absolute atomic E-state index is 0.133. The van der Waals surface area contributed by atoms with Crippen LogP contribution in [-0.2, 0) is 22.9 Å². The molecule has 184 valence electrons. The summed E-state index contributed by atoms with van der Waals surface area (Å²) in [5, 5.41) is 0.564. The molecule has 0 radical (unpaired) electrons. The van der Waals surface area contributed by atoms with E-state index in [0.29, 0.717) is 41.5 Å². The van der Waals surface area contributed by atoms with Crippen molar-refractivity contribution < 1.29 is 22.7 Å². The molecule has 7 nitrogen and oxygen atoms in total. The second-order valence-corrected chi connectivity index (χ2v) is 10.4. The number of nitrogens with zero attached hydrogens (tertiary/aromatic N) is 1. The third kappa shape index (κ3) is 5.61. The second-order valence-electron chi connectivity index (χ2n) is 8.19. The highest BCUT2D eigenvalue weighted by Crippen LogP contribution is 2.31. The van der Waals surface area contributed by atoms with Gasteiger partial charge in [0.25, 0.3) is 5.91 Å². The van der Waals surface area contributed by atoms with E-state index in [9.17, 15) is 13.2 Å². The highest BCUT2D eigenvalue weighted by molar-refractivity contribution is 7.89. The van der Waals surface area contributed by atoms with Gasteiger partial charge in [-0.05, 0) is 85.0 Å². The highest BCUT2D eigenvalue weighted by Gasteiger charge is 2.25. The van der Waals surface area contributed by atoms with Gasteiger partial charge in [-0.3, -0.25) is 4.79 Å². The summed E-state index contributed by atoms with van der Waals surface area (Å²) >= 11 is 5.94. The van der Waals surface area contributed by atoms with Gasteiger partial charge in [-0.1, -0.05) is 17.7 Å². The molecule has 9 heteroatoms. The zero-order chi connectivity index (χ0) is 25.0. The molecule has 0 spiro atoms. The predicted octanol–water partition coefficient (Wildman–Crippen LogP) is 4.47. The summed E-state index contributed by atoms with van der Waals surface area (Å²) in [6, 6.07) is 17.2. The topological polar surface area (TPSA) is 84.9 Å². The monoisotopic (exact) mass is 514 g/mol. The van der Waals surface area contributed by atoms with E-state index in [-0.39, 0.29) is 17.3 Å². The van der Waals surface area contributed by atoms with Crippen LogP contribution < -0.4 is 19.1 Å². The van der Waals surface area contributed by atoms with Crippen LogP contribution in [-0.4, -0.2) is 41.6 Å². The van der Waals surface area contributed by atoms with Crippen molar-refractivity contribution in [3.05, 3.63) is 82.4 Å². The standard InChI is InChI=1S/C26H27ClN2O5S/c1-33-24-12-5-18(16-25(24)34-2)13-14-28-35(31,32)22-10-11-23-20(17-22)4-3-15-29(23)26(30)19-6-8-21(27)9-7-19/h5-12,16-17,28H,3-4,13-15H2,1-2H3. The van der Waals surface area contributed by atoms with Crippen molar-refractivity contribution in [2.45, 2.75) is 24.2 Å². The molecule has 1 aliphatic rings. The van der Waals surface area contributed by atoms with E-state index in [1.54, 1.807) is 67.7 Å². The van der Waals surface area contributed by atoms with E-state index < -0.39 is 10.0 Å². The lowest BCUT2D eigenvalue weighted by Gasteiger charge is -2.30. The van der Waals surface area contributed by atoms with Crippen molar-refractivity contribution in [1.29, 1.82) is 0 Å². The van der Waals surface area contributed by atoms with Gasteiger partial charge >= 0.3 is 0 Å². The van der Waals surface area contributed by atoms with E-state index in [2.05, 4.69) is 4.72 Å². The minimum Gasteiger partial charge on any atom is -0.493 e. The third-order valence-corrected chi connectivity index (χ3v) is 7.68. The van der Waals surface area contributed by atoms with E-state index in [0.717, 1.165) is 23.2 Å². The van der Waals surface area contributed by atoms with E-state index in [1.165, 1.54) is 0 Å². The van der Waals surface area contributed by atoms with Gasteiger partial charge in [-0.15, -0.1) is 0 Å². The molecular formula is C26H27ClN2O5S. The fraction of sp³-hybridized carbons (Fsp3) is 0.269. The van der Waals surface area contributed by atoms with Gasteiger partial charge in [0, 0.05) is 29.4 Å². The number of benzene rings is 3. The van der Waals surface area contributed by atoms with Gasteiger partial charge in [0.2, 0.25) is 10.0 Å². The summed E-state index contributed by atoms with van der Waals surface area (Å²) in [6.45, 7) is 0.806. The van der Waals surface area contributed by atoms with Gasteiger partial charge in [0.05, 0.1) is 19.1 Å². The second kappa shape index (κ2) is 10.7. The van der Waals surface area contributed by atoms with Crippen LogP contribution in [0.3, 0.4) is 0 Å². The first kappa shape index (κ1) is 25.0. The highest BCUT2D eigenvalue weighted by atomic mass is 35.5. The number of aryl methyl sites for hydroxylation is 1. The van der Waals surface area contributed by atoms with Gasteiger partial charge in [-0.25, -0.2) is 13.1 Å². The largest absolute Gasteiger partial charge is 0.493 e. The number of nitrogens with one attached hydrogen (secondary N) is 1. The number of carbonyl (C=O) groups is 1. The molecular weight excluding hydrogens is 488 g/mol. The van der Waals surface area contributed by atoms with Crippen molar-refractivity contribution in [2.75, 3.05) is 32.2 Å². The Bertz CT molecular complexity index is 1330. The molecule has 4 rings (SSSR count). The molecule has 35 heavy (non-hydrogen) atoms. The van der Waals surface area contributed by atoms with E-state index >= 15 is 0 Å². The number of anilines is 1. The van der Waals surface area contributed by atoms with Crippen LogP contribution in [0.1, 0.15) is 27.9 Å². The van der Waals surface area contributed by atoms with Crippen molar-refractivity contribution >= 4 is 33.2 Å². The maximum atomic E-state index is 13.1. The van der Waals surface area contributed by atoms with Crippen LogP contribution in [0, 0.1) is 0 Å². The first-order valence-corrected chi connectivity index (χ1v) is 13.1. The number of rotatable bonds is 8. The quantitative estimate of drug-likeness (QED) is 0.479. The fourth-order valence-electron chi connectivity index (χ4n) is 4.15. The Hall–Kier alpha value is -3.07. The van der Waals surface area contributed by atoms with Gasteiger partial charge in [0.1, 0.15) is 0 Å². The molecule has 0 fully saturated rings. The van der Waals surface area contributed by atoms with Crippen LogP contribution in [0.2, 0.25) is 5.02 Å². The summed E-state index contributed by atoms with van der Waals surface area (Å²) in [5.74, 6) is 1.08. The molecule has 0 aliphatic carbocycles. The van der Waals surface area contributed by atoms with Crippen LogP contribution in [0.25, 0.3) is 0 Å². The molecule has 1 N–H and O–H groups in total. The van der Waals surface area contributed by atoms with Gasteiger partial charge in [-0.2, -0.15) is 0 Å². The summed E-state index contributed by atoms with van der Waals surface area (Å²) < 4.78 is 39.1. The molecule has 0 bridgehead atoms. The Morgan fingerprint density at radius 1 is 1.00 bits per heavy atom. The molecule has 0 aromatic heterocycles. The smallest absolute Gasteiger partial charge is 0.258 e. The molecule has 1 amide bonds. The average molecular weight is 515 g/mol. The summed E-state index contributed by atoms with van der Waals surface area (Å²) in [7, 11) is -0.584. The average Bonchev–Trinajstić information content (AvgIpc) is 2.87. The molecule has 0 saturated heterocycles. The molecule has 3 aromatic rings. The number of sulfonamides is 1. The molecule has 1 aliphatic heterocycles. The number of carbonyl (C=O) groups excluding carboxylic acids is 1. The van der Waals surface area contributed by atoms with Gasteiger partial charge in [0.15, 0.2) is 11.5 Å². The molecule has 0 atom stereocenters. The summed E-state index contributed by atoms with van der Waals surface area (Å²) in [4.78, 5) is 14.9. The number of fused-ring (bicyclic) bond motifs is 1. The van der Waals surface area contributed by atoms with Crippen LogP contribution in [0.15, 0.2) is 65.6 Å². The Balaban J connectivity index is 1.47. The first-order chi connectivity index (χ1) is 16.8. The number of hydrogen-bond acceptors (Lipinski definition) is 5. The maximum absolute atomic E-state index is 13.1. The zero-order valence-corrected chi connectivity index (χ0v) is 21.2. The number of methoxy groups -OCH3 is 2. The first-order valence-electron chi connectivity index (χ1n) is 11.2. The lowest BCUT2D eigenvalue weighted by atomic mass is 10.0. The summed E-state index contributed by atoms with van der Waals surface area (Å²) in [5.41, 5.74) is 3.03. The molecule has 1 heterocycles. The number of halogens is 1. The summed E-state index contributed by atoms with van der Waals surface area (Å²) in [6.07, 6.45) is 1.95. The third-order valence-electron chi connectivity index (χ3n) is 5.97. The van der Waals surface area contributed by atoms with Crippen molar-refractivity contribution in [3.63, 3.8) is 0 Å². The molecule has 3 aromatic carbocycles. The minimum atomic E-state index is -3.71. The zero-order valence-electron chi connectivity index (χ0n) is 19.6. The van der Waals surface area contributed by atoms with Crippen LogP contribution in [0.4, 0.5) is 5.69 Å². The Morgan fingerprint density at radius 2 is 1.74 bits per heavy atom. The predicted molar refractivity (Wildman–Crippen MR) is 136 cm³/mol. The normalized spacial score (nSPS) is 13.3. The number of hydrogen-bond donors (Lipinski definition) is 1. The van der Waals surface area contributed by atoms with Crippen molar-refractivity contribution in [2.24, 2.45) is 0 Å². The van der Waals surface area contributed by atoms with Crippen molar-refractivity contribution in [1.82, 2.24) is 4.72 Å².